The molecule has 1 heterocycles. The minimum absolute atomic E-state index is 0. The zero-order valence-electron chi connectivity index (χ0n) is 27.3. The zero-order chi connectivity index (χ0) is 28.3. The van der Waals surface area contributed by atoms with Gasteiger partial charge in [0.2, 0.25) is 0 Å². The molecule has 7 heteroatoms. The van der Waals surface area contributed by atoms with Crippen molar-refractivity contribution < 1.29 is 55.8 Å². The van der Waals surface area contributed by atoms with E-state index in [1.807, 2.05) is 0 Å². The first kappa shape index (κ1) is 42.5. The second-order valence-corrected chi connectivity index (χ2v) is 12.0. The number of benzene rings is 2. The zero-order valence-corrected chi connectivity index (χ0v) is 30.9. The van der Waals surface area contributed by atoms with Crippen LogP contribution in [0, 0.1) is 13.8 Å². The van der Waals surface area contributed by atoms with Gasteiger partial charge in [-0.3, -0.25) is 9.98 Å². The molecule has 3 aromatic rings. The Labute approximate surface area is 286 Å². The quantitative estimate of drug-likeness (QED) is 0.336. The smallest absolute Gasteiger partial charge is 0.0849 e. The maximum atomic E-state index is 5.20. The van der Waals surface area contributed by atoms with Crippen LogP contribution in [0.2, 0.25) is 0 Å². The molecule has 0 aliphatic heterocycles. The van der Waals surface area contributed by atoms with Gasteiger partial charge in [0.15, 0.2) is 0 Å². The van der Waals surface area contributed by atoms with Crippen molar-refractivity contribution in [1.82, 2.24) is 4.98 Å². The Balaban J connectivity index is 0. The number of aliphatic imine (C=N–C) groups is 2. The van der Waals surface area contributed by atoms with Gasteiger partial charge in [0.1, 0.15) is 0 Å². The van der Waals surface area contributed by atoms with Gasteiger partial charge in [-0.2, -0.15) is 0 Å². The van der Waals surface area contributed by atoms with Crippen LogP contribution in [-0.2, 0) is 18.6 Å². The fraction of sp³-hybridized carbons (Fsp3) is 0.457. The van der Waals surface area contributed by atoms with Crippen molar-refractivity contribution in [3.63, 3.8) is 0 Å². The third-order valence-corrected chi connectivity index (χ3v) is 7.16. The van der Waals surface area contributed by atoms with E-state index in [0.29, 0.717) is 23.7 Å². The minimum Gasteiger partial charge on any atom is -1.00 e. The molecule has 0 N–H and O–H groups in total. The summed E-state index contributed by atoms with van der Waals surface area (Å²) in [7, 11) is 0. The van der Waals surface area contributed by atoms with E-state index in [4.69, 9.17) is 15.0 Å². The Morgan fingerprint density at radius 3 is 1.05 bits per heavy atom. The summed E-state index contributed by atoms with van der Waals surface area (Å²) in [4.78, 5) is 15.4. The predicted octanol–water partition coefficient (Wildman–Crippen LogP) is 1.48. The second kappa shape index (κ2) is 18.3. The molecule has 0 saturated heterocycles. The molecule has 0 saturated carbocycles. The Morgan fingerprint density at radius 1 is 0.548 bits per heavy atom. The summed E-state index contributed by atoms with van der Waals surface area (Å²) < 4.78 is 0. The molecular formula is C35H47Cl3N3V-3. The molecule has 1 aromatic heterocycles. The summed E-state index contributed by atoms with van der Waals surface area (Å²) >= 11 is 0. The van der Waals surface area contributed by atoms with Crippen LogP contribution in [0.5, 0.6) is 0 Å². The molecule has 0 atom stereocenters. The molecular weight excluding hydrogens is 620 g/mol. The largest absolute Gasteiger partial charge is 1.00 e. The fourth-order valence-corrected chi connectivity index (χ4v) is 4.98. The van der Waals surface area contributed by atoms with Crippen molar-refractivity contribution in [2.75, 3.05) is 0 Å². The minimum atomic E-state index is 0. The molecule has 0 aliphatic rings. The number of hydrogen-bond donors (Lipinski definition) is 0. The van der Waals surface area contributed by atoms with Crippen LogP contribution in [-0.4, -0.2) is 16.4 Å². The number of hydrogen-bond acceptors (Lipinski definition) is 3. The molecule has 1 radical (unpaired) electrons. The number of nitrogens with zero attached hydrogens (tertiary/aromatic N) is 3. The third kappa shape index (κ3) is 10.2. The van der Waals surface area contributed by atoms with Crippen molar-refractivity contribution in [3.8, 4) is 0 Å². The van der Waals surface area contributed by atoms with Crippen LogP contribution in [0.3, 0.4) is 0 Å². The Bertz CT molecular complexity index is 1220. The maximum Gasteiger partial charge on any atom is 0.0849 e. The van der Waals surface area contributed by atoms with E-state index in [1.165, 1.54) is 33.4 Å². The number of aromatic nitrogens is 1. The van der Waals surface area contributed by atoms with Gasteiger partial charge in [0.05, 0.1) is 34.2 Å². The van der Waals surface area contributed by atoms with Crippen LogP contribution in [0.1, 0.15) is 138 Å². The van der Waals surface area contributed by atoms with Crippen LogP contribution in [0.25, 0.3) is 0 Å². The van der Waals surface area contributed by atoms with E-state index in [2.05, 4.69) is 126 Å². The molecule has 0 amide bonds. The topological polar surface area (TPSA) is 37.6 Å². The fourth-order valence-electron chi connectivity index (χ4n) is 4.98. The molecule has 42 heavy (non-hydrogen) atoms. The number of rotatable bonds is 8. The van der Waals surface area contributed by atoms with E-state index in [9.17, 15) is 0 Å². The SMILES string of the molecule is CC(=Nc1c(C(C)C)cc(C)cc1C(C)C)c1cccc(C(C)=Nc2c(C(C)C)cc(C)cc2C(C)C)n1.[Cl-].[Cl-].[Cl-].[V]. The number of halogens is 3. The van der Waals surface area contributed by atoms with Crippen molar-refractivity contribution in [1.29, 1.82) is 0 Å². The van der Waals surface area contributed by atoms with Crippen LogP contribution in [0.4, 0.5) is 11.4 Å². The Morgan fingerprint density at radius 2 is 0.810 bits per heavy atom. The molecule has 231 valence electrons. The van der Waals surface area contributed by atoms with Gasteiger partial charge in [0, 0.05) is 18.6 Å². The van der Waals surface area contributed by atoms with E-state index in [1.54, 1.807) is 0 Å². The van der Waals surface area contributed by atoms with E-state index < -0.39 is 0 Å². The molecule has 3 rings (SSSR count). The molecule has 2 aromatic carbocycles. The summed E-state index contributed by atoms with van der Waals surface area (Å²) in [6, 6.07) is 15.3. The van der Waals surface area contributed by atoms with E-state index >= 15 is 0 Å². The third-order valence-electron chi connectivity index (χ3n) is 7.16. The molecule has 0 fully saturated rings. The molecule has 0 spiro atoms. The molecule has 0 unspecified atom stereocenters. The average Bonchev–Trinajstić information content (AvgIpc) is 2.84. The predicted molar refractivity (Wildman–Crippen MR) is 167 cm³/mol. The average molecular weight is 667 g/mol. The van der Waals surface area contributed by atoms with Crippen LogP contribution < -0.4 is 37.2 Å². The normalized spacial score (nSPS) is 11.7. The first-order chi connectivity index (χ1) is 17.8. The maximum absolute atomic E-state index is 5.20. The van der Waals surface area contributed by atoms with Gasteiger partial charge in [-0.1, -0.05) is 96.8 Å². The monoisotopic (exact) mass is 665 g/mol. The van der Waals surface area contributed by atoms with Gasteiger partial charge in [-0.15, -0.1) is 0 Å². The standard InChI is InChI=1S/C35H47N3.3ClH.V/c1-20(2)28-16-24(9)17-29(21(3)4)34(28)36-26(11)32-14-13-15-33(38-32)27(12)37-35-30(22(5)6)18-25(10)19-31(35)23(7)8;;;;/h13-23H,1-12H3;3*1H;/p-3. The van der Waals surface area contributed by atoms with Crippen molar-refractivity contribution in [2.24, 2.45) is 9.98 Å². The Kier molecular flexibility index (Phi) is 18.5. The molecule has 0 bridgehead atoms. The molecule has 3 nitrogen and oxygen atoms in total. The number of pyridine rings is 1. The van der Waals surface area contributed by atoms with Gasteiger partial charge in [-0.25, -0.2) is 4.98 Å². The van der Waals surface area contributed by atoms with Gasteiger partial charge >= 0.3 is 0 Å². The van der Waals surface area contributed by atoms with Gasteiger partial charge in [0.25, 0.3) is 0 Å². The van der Waals surface area contributed by atoms with Crippen molar-refractivity contribution in [3.05, 3.63) is 87.2 Å². The van der Waals surface area contributed by atoms with Gasteiger partial charge in [-0.05, 0) is 85.8 Å². The first-order valence-electron chi connectivity index (χ1n) is 14.2. The summed E-state index contributed by atoms with van der Waals surface area (Å²) in [5.41, 5.74) is 13.6. The number of aryl methyl sites for hydroxylation is 2. The first-order valence-corrected chi connectivity index (χ1v) is 14.2. The van der Waals surface area contributed by atoms with Crippen molar-refractivity contribution >= 4 is 22.8 Å². The van der Waals surface area contributed by atoms with E-state index in [0.717, 1.165) is 34.2 Å². The van der Waals surface area contributed by atoms with Gasteiger partial charge < -0.3 is 37.2 Å². The second-order valence-electron chi connectivity index (χ2n) is 12.0. The summed E-state index contributed by atoms with van der Waals surface area (Å²) in [5.74, 6) is 1.58. The summed E-state index contributed by atoms with van der Waals surface area (Å²) in [6.45, 7) is 26.4. The van der Waals surface area contributed by atoms with Crippen LogP contribution >= 0.6 is 0 Å². The Hall–Kier alpha value is -1.62. The van der Waals surface area contributed by atoms with E-state index in [-0.39, 0.29) is 55.8 Å². The van der Waals surface area contributed by atoms with Crippen LogP contribution in [0.15, 0.2) is 52.4 Å². The summed E-state index contributed by atoms with van der Waals surface area (Å²) in [5, 5.41) is 0. The molecule has 0 aliphatic carbocycles. The summed E-state index contributed by atoms with van der Waals surface area (Å²) in [6.07, 6.45) is 0. The van der Waals surface area contributed by atoms with Crippen molar-refractivity contribution in [2.45, 2.75) is 107 Å².